The van der Waals surface area contributed by atoms with Gasteiger partial charge in [0.25, 0.3) is 21.8 Å². The van der Waals surface area contributed by atoms with Crippen LogP contribution in [0.25, 0.3) is 0 Å². The van der Waals surface area contributed by atoms with Crippen molar-refractivity contribution in [2.45, 2.75) is 4.90 Å². The van der Waals surface area contributed by atoms with Gasteiger partial charge in [-0.1, -0.05) is 6.07 Å². The van der Waals surface area contributed by atoms with Crippen molar-refractivity contribution in [1.82, 2.24) is 19.8 Å². The second kappa shape index (κ2) is 9.87. The number of anilines is 1. The second-order valence-electron chi connectivity index (χ2n) is 7.54. The highest BCUT2D eigenvalue weighted by molar-refractivity contribution is 7.92. The largest absolute Gasteiger partial charge is 0.497 e. The Morgan fingerprint density at radius 1 is 0.941 bits per heavy atom. The molecule has 10 nitrogen and oxygen atoms in total. The van der Waals surface area contributed by atoms with Crippen molar-refractivity contribution in [3.8, 4) is 5.75 Å². The summed E-state index contributed by atoms with van der Waals surface area (Å²) in [5, 5.41) is 0. The molecule has 0 aliphatic carbocycles. The zero-order valence-electron chi connectivity index (χ0n) is 18.4. The van der Waals surface area contributed by atoms with Crippen molar-refractivity contribution in [1.29, 1.82) is 0 Å². The molecule has 0 bridgehead atoms. The van der Waals surface area contributed by atoms with Crippen LogP contribution < -0.4 is 9.46 Å². The molecule has 0 radical (unpaired) electrons. The van der Waals surface area contributed by atoms with Crippen LogP contribution >= 0.6 is 0 Å². The Bertz CT molecular complexity index is 1270. The highest BCUT2D eigenvalue weighted by Gasteiger charge is 2.27. The highest BCUT2D eigenvalue weighted by atomic mass is 32.2. The van der Waals surface area contributed by atoms with Crippen LogP contribution in [0.3, 0.4) is 0 Å². The fraction of sp³-hybridized carbons (Fsp3) is 0.217. The SMILES string of the molecule is COc1ccc(NS(=O)(=O)c2cccc(C(=O)N3CCN(C(=O)c4cnccn4)CC3)c2)cc1. The maximum Gasteiger partial charge on any atom is 0.274 e. The van der Waals surface area contributed by atoms with E-state index in [4.69, 9.17) is 4.74 Å². The minimum atomic E-state index is -3.90. The van der Waals surface area contributed by atoms with Crippen molar-refractivity contribution in [2.24, 2.45) is 0 Å². The fourth-order valence-electron chi connectivity index (χ4n) is 3.54. The topological polar surface area (TPSA) is 122 Å². The first kappa shape index (κ1) is 23.2. The molecule has 1 aliphatic heterocycles. The van der Waals surface area contributed by atoms with Gasteiger partial charge in [0.1, 0.15) is 11.4 Å². The molecule has 11 heteroatoms. The van der Waals surface area contributed by atoms with E-state index < -0.39 is 10.0 Å². The third-order valence-corrected chi connectivity index (χ3v) is 6.75. The molecule has 2 aromatic carbocycles. The molecule has 1 fully saturated rings. The molecular weight excluding hydrogens is 458 g/mol. The lowest BCUT2D eigenvalue weighted by Gasteiger charge is -2.34. The number of rotatable bonds is 6. The zero-order valence-corrected chi connectivity index (χ0v) is 19.2. The minimum absolute atomic E-state index is 0.0226. The Morgan fingerprint density at radius 2 is 1.62 bits per heavy atom. The number of amides is 2. The summed E-state index contributed by atoms with van der Waals surface area (Å²) in [6.07, 6.45) is 4.36. The van der Waals surface area contributed by atoms with Crippen LogP contribution in [-0.2, 0) is 10.0 Å². The number of aromatic nitrogens is 2. The maximum atomic E-state index is 13.0. The molecule has 2 amide bonds. The number of piperazine rings is 1. The Kier molecular flexibility index (Phi) is 6.73. The molecule has 1 N–H and O–H groups in total. The molecule has 4 rings (SSSR count). The van der Waals surface area contributed by atoms with Gasteiger partial charge in [0.2, 0.25) is 0 Å². The number of hydrogen-bond acceptors (Lipinski definition) is 7. The summed E-state index contributed by atoms with van der Waals surface area (Å²) in [6, 6.07) is 12.4. The summed E-state index contributed by atoms with van der Waals surface area (Å²) in [4.78, 5) is 36.7. The molecule has 1 aromatic heterocycles. The summed E-state index contributed by atoms with van der Waals surface area (Å²) in [6.45, 7) is 1.34. The van der Waals surface area contributed by atoms with Gasteiger partial charge in [-0.25, -0.2) is 13.4 Å². The third-order valence-electron chi connectivity index (χ3n) is 5.37. The number of hydrogen-bond donors (Lipinski definition) is 1. The number of methoxy groups -OCH3 is 1. The van der Waals surface area contributed by atoms with E-state index in [0.717, 1.165) is 0 Å². The summed E-state index contributed by atoms with van der Waals surface area (Å²) < 4.78 is 33.3. The lowest BCUT2D eigenvalue weighted by Crippen LogP contribution is -2.50. The van der Waals surface area contributed by atoms with Crippen molar-refractivity contribution in [3.05, 3.63) is 78.4 Å². The van der Waals surface area contributed by atoms with Gasteiger partial charge in [-0.3, -0.25) is 19.3 Å². The van der Waals surface area contributed by atoms with Crippen LogP contribution in [0.1, 0.15) is 20.8 Å². The normalized spacial score (nSPS) is 13.9. The number of nitrogens with one attached hydrogen (secondary N) is 1. The first-order valence-electron chi connectivity index (χ1n) is 10.5. The molecule has 0 spiro atoms. The molecule has 2 heterocycles. The predicted molar refractivity (Wildman–Crippen MR) is 124 cm³/mol. The van der Waals surface area contributed by atoms with Crippen LogP contribution in [0.15, 0.2) is 72.0 Å². The Morgan fingerprint density at radius 3 is 2.24 bits per heavy atom. The van der Waals surface area contributed by atoms with E-state index in [1.54, 1.807) is 40.1 Å². The number of sulfonamides is 1. The number of carbonyl (C=O) groups is 2. The Balaban J connectivity index is 1.42. The predicted octanol–water partition coefficient (Wildman–Crippen LogP) is 1.88. The lowest BCUT2D eigenvalue weighted by atomic mass is 10.2. The average molecular weight is 482 g/mol. The molecule has 1 saturated heterocycles. The van der Waals surface area contributed by atoms with Crippen molar-refractivity contribution in [3.63, 3.8) is 0 Å². The van der Waals surface area contributed by atoms with Crippen molar-refractivity contribution in [2.75, 3.05) is 38.0 Å². The quantitative estimate of drug-likeness (QED) is 0.570. The van der Waals surface area contributed by atoms with E-state index in [-0.39, 0.29) is 28.0 Å². The van der Waals surface area contributed by atoms with Gasteiger partial charge in [0.15, 0.2) is 0 Å². The molecule has 0 atom stereocenters. The van der Waals surface area contributed by atoms with Gasteiger partial charge in [-0.15, -0.1) is 0 Å². The molecule has 3 aromatic rings. The van der Waals surface area contributed by atoms with Crippen LogP contribution in [0.4, 0.5) is 5.69 Å². The number of ether oxygens (including phenoxy) is 1. The maximum absolute atomic E-state index is 13.0. The molecule has 176 valence electrons. The first-order valence-corrected chi connectivity index (χ1v) is 12.0. The van der Waals surface area contributed by atoms with Gasteiger partial charge < -0.3 is 14.5 Å². The Labute approximate surface area is 197 Å². The number of benzene rings is 2. The van der Waals surface area contributed by atoms with E-state index in [1.165, 1.54) is 43.9 Å². The molecule has 1 aliphatic rings. The zero-order chi connectivity index (χ0) is 24.1. The molecule has 0 unspecified atom stereocenters. The molecular formula is C23H23N5O5S. The summed E-state index contributed by atoms with van der Waals surface area (Å²) in [5.41, 5.74) is 0.886. The summed E-state index contributed by atoms with van der Waals surface area (Å²) in [7, 11) is -2.37. The number of nitrogens with zero attached hydrogens (tertiary/aromatic N) is 4. The van der Waals surface area contributed by atoms with Crippen molar-refractivity contribution < 1.29 is 22.7 Å². The Hall–Kier alpha value is -3.99. The lowest BCUT2D eigenvalue weighted by molar-refractivity contribution is 0.0532. The fourth-order valence-corrected chi connectivity index (χ4v) is 4.64. The van der Waals surface area contributed by atoms with Gasteiger partial charge in [0, 0.05) is 49.8 Å². The summed E-state index contributed by atoms with van der Waals surface area (Å²) >= 11 is 0. The smallest absolute Gasteiger partial charge is 0.274 e. The van der Waals surface area contributed by atoms with Crippen LogP contribution in [-0.4, -0.2) is 73.3 Å². The van der Waals surface area contributed by atoms with E-state index in [0.29, 0.717) is 37.6 Å². The van der Waals surface area contributed by atoms with Gasteiger partial charge in [-0.05, 0) is 42.5 Å². The average Bonchev–Trinajstić information content (AvgIpc) is 2.89. The standard InChI is InChI=1S/C23H23N5O5S/c1-33-19-7-5-18(6-8-19)26-34(31,32)20-4-2-3-17(15-20)22(29)27-11-13-28(14-12-27)23(30)21-16-24-9-10-25-21/h2-10,15-16,26H,11-14H2,1H3. The first-order chi connectivity index (χ1) is 16.4. The van der Waals surface area contributed by atoms with Crippen LogP contribution in [0.5, 0.6) is 5.75 Å². The van der Waals surface area contributed by atoms with Gasteiger partial charge in [0.05, 0.1) is 18.2 Å². The summed E-state index contributed by atoms with van der Waals surface area (Å²) in [5.74, 6) is 0.0695. The molecule has 0 saturated carbocycles. The number of carbonyl (C=O) groups excluding carboxylic acids is 2. The molecule has 34 heavy (non-hydrogen) atoms. The van der Waals surface area contributed by atoms with Gasteiger partial charge in [-0.2, -0.15) is 0 Å². The van der Waals surface area contributed by atoms with E-state index in [1.807, 2.05) is 0 Å². The van der Waals surface area contributed by atoms with E-state index in [2.05, 4.69) is 14.7 Å². The van der Waals surface area contributed by atoms with E-state index in [9.17, 15) is 18.0 Å². The monoisotopic (exact) mass is 481 g/mol. The highest BCUT2D eigenvalue weighted by Crippen LogP contribution is 2.21. The third kappa shape index (κ3) is 5.15. The van der Waals surface area contributed by atoms with Crippen LogP contribution in [0.2, 0.25) is 0 Å². The van der Waals surface area contributed by atoms with E-state index >= 15 is 0 Å². The second-order valence-corrected chi connectivity index (χ2v) is 9.22. The van der Waals surface area contributed by atoms with Crippen LogP contribution in [0, 0.1) is 0 Å². The van der Waals surface area contributed by atoms with Crippen molar-refractivity contribution >= 4 is 27.5 Å². The van der Waals surface area contributed by atoms with Gasteiger partial charge >= 0.3 is 0 Å². The minimum Gasteiger partial charge on any atom is -0.497 e.